The SMILES string of the molecule is Cn1cc(S(=O)(=O)NC[C@@H]2CC=CCC2)cc1C(=O)O. The molecule has 0 radical (unpaired) electrons. The first-order valence-electron chi connectivity index (χ1n) is 6.44. The van der Waals surface area contributed by atoms with Crippen LogP contribution in [0.4, 0.5) is 0 Å². The van der Waals surface area contributed by atoms with E-state index in [2.05, 4.69) is 16.9 Å². The van der Waals surface area contributed by atoms with Crippen molar-refractivity contribution < 1.29 is 18.3 Å². The highest BCUT2D eigenvalue weighted by molar-refractivity contribution is 7.89. The molecule has 1 aromatic heterocycles. The van der Waals surface area contributed by atoms with Gasteiger partial charge in [0.2, 0.25) is 10.0 Å². The minimum Gasteiger partial charge on any atom is -0.477 e. The predicted octanol–water partition coefficient (Wildman–Crippen LogP) is 1.36. The zero-order valence-corrected chi connectivity index (χ0v) is 12.1. The molecule has 0 fully saturated rings. The lowest BCUT2D eigenvalue weighted by Gasteiger charge is -2.17. The third kappa shape index (κ3) is 3.29. The number of sulfonamides is 1. The third-order valence-corrected chi connectivity index (χ3v) is 4.84. The standard InChI is InChI=1S/C13H18N2O4S/c1-15-9-11(7-12(15)13(16)17)20(18,19)14-8-10-5-3-2-4-6-10/h2-3,7,9-10,14H,4-6,8H2,1H3,(H,16,17)/t10-/m1/s1. The first kappa shape index (κ1) is 14.8. The van der Waals surface area contributed by atoms with E-state index in [-0.39, 0.29) is 10.6 Å². The van der Waals surface area contributed by atoms with Gasteiger partial charge in [-0.1, -0.05) is 12.2 Å². The molecule has 2 N–H and O–H groups in total. The second kappa shape index (κ2) is 5.80. The molecule has 110 valence electrons. The lowest BCUT2D eigenvalue weighted by molar-refractivity contribution is 0.0686. The Labute approximate surface area is 118 Å². The van der Waals surface area contributed by atoms with E-state index in [9.17, 15) is 13.2 Å². The van der Waals surface area contributed by atoms with Crippen LogP contribution in [0.25, 0.3) is 0 Å². The Morgan fingerprint density at radius 3 is 2.80 bits per heavy atom. The molecule has 1 atom stereocenters. The summed E-state index contributed by atoms with van der Waals surface area (Å²) in [5, 5.41) is 8.93. The molecule has 6 nitrogen and oxygen atoms in total. The maximum atomic E-state index is 12.1. The van der Waals surface area contributed by atoms with Crippen LogP contribution in [0.5, 0.6) is 0 Å². The Hall–Kier alpha value is -1.60. The Balaban J connectivity index is 2.08. The summed E-state index contributed by atoms with van der Waals surface area (Å²) in [4.78, 5) is 10.9. The minimum atomic E-state index is -3.65. The molecule has 0 spiro atoms. The number of carbonyl (C=O) groups is 1. The summed E-state index contributed by atoms with van der Waals surface area (Å²) >= 11 is 0. The monoisotopic (exact) mass is 298 g/mol. The van der Waals surface area contributed by atoms with Gasteiger partial charge in [0, 0.05) is 19.8 Å². The molecule has 0 saturated carbocycles. The van der Waals surface area contributed by atoms with E-state index in [0.717, 1.165) is 19.3 Å². The normalized spacial score (nSPS) is 19.1. The van der Waals surface area contributed by atoms with Crippen LogP contribution in [0, 0.1) is 5.92 Å². The van der Waals surface area contributed by atoms with Gasteiger partial charge in [-0.15, -0.1) is 0 Å². The summed E-state index contributed by atoms with van der Waals surface area (Å²) in [5.41, 5.74) is -0.0500. The summed E-state index contributed by atoms with van der Waals surface area (Å²) < 4.78 is 28.1. The van der Waals surface area contributed by atoms with Crippen LogP contribution in [-0.4, -0.2) is 30.6 Å². The molecule has 1 aliphatic rings. The number of rotatable bonds is 5. The van der Waals surface area contributed by atoms with Gasteiger partial charge in [0.1, 0.15) is 10.6 Å². The average Bonchev–Trinajstić information content (AvgIpc) is 2.81. The van der Waals surface area contributed by atoms with Crippen molar-refractivity contribution in [2.75, 3.05) is 6.54 Å². The summed E-state index contributed by atoms with van der Waals surface area (Å²) in [7, 11) is -2.14. The largest absolute Gasteiger partial charge is 0.477 e. The van der Waals surface area contributed by atoms with E-state index in [1.54, 1.807) is 0 Å². The number of hydrogen-bond donors (Lipinski definition) is 2. The molecule has 1 aliphatic carbocycles. The van der Waals surface area contributed by atoms with E-state index < -0.39 is 16.0 Å². The number of carboxylic acid groups (broad SMARTS) is 1. The molecule has 0 bridgehead atoms. The fraction of sp³-hybridized carbons (Fsp3) is 0.462. The summed E-state index contributed by atoms with van der Waals surface area (Å²) in [6, 6.07) is 1.17. The maximum absolute atomic E-state index is 12.1. The second-order valence-corrected chi connectivity index (χ2v) is 6.75. The van der Waals surface area contributed by atoms with Crippen molar-refractivity contribution in [2.45, 2.75) is 24.2 Å². The van der Waals surface area contributed by atoms with E-state index in [0.29, 0.717) is 12.5 Å². The van der Waals surface area contributed by atoms with Gasteiger partial charge in [-0.05, 0) is 31.2 Å². The van der Waals surface area contributed by atoms with Crippen molar-refractivity contribution in [3.63, 3.8) is 0 Å². The number of allylic oxidation sites excluding steroid dienone is 2. The van der Waals surface area contributed by atoms with Crippen LogP contribution in [0.15, 0.2) is 29.3 Å². The quantitative estimate of drug-likeness (QED) is 0.803. The van der Waals surface area contributed by atoms with Gasteiger partial charge < -0.3 is 9.67 Å². The number of aryl methyl sites for hydroxylation is 1. The second-order valence-electron chi connectivity index (χ2n) is 4.98. The lowest BCUT2D eigenvalue weighted by Crippen LogP contribution is -2.29. The first-order chi connectivity index (χ1) is 9.40. The van der Waals surface area contributed by atoms with E-state index in [1.165, 1.54) is 23.9 Å². The van der Waals surface area contributed by atoms with Gasteiger partial charge in [0.25, 0.3) is 0 Å². The summed E-state index contributed by atoms with van der Waals surface area (Å²) in [6.45, 7) is 0.379. The highest BCUT2D eigenvalue weighted by Gasteiger charge is 2.21. The highest BCUT2D eigenvalue weighted by Crippen LogP contribution is 2.19. The van der Waals surface area contributed by atoms with E-state index in [1.807, 2.05) is 0 Å². The van der Waals surface area contributed by atoms with Gasteiger partial charge in [-0.25, -0.2) is 17.9 Å². The van der Waals surface area contributed by atoms with Gasteiger partial charge >= 0.3 is 5.97 Å². The average molecular weight is 298 g/mol. The van der Waals surface area contributed by atoms with Crippen molar-refractivity contribution in [3.05, 3.63) is 30.1 Å². The van der Waals surface area contributed by atoms with Crippen LogP contribution in [0.3, 0.4) is 0 Å². The van der Waals surface area contributed by atoms with Crippen molar-refractivity contribution in [1.82, 2.24) is 9.29 Å². The number of nitrogens with zero attached hydrogens (tertiary/aromatic N) is 1. The molecular formula is C13H18N2O4S. The van der Waals surface area contributed by atoms with Crippen LogP contribution < -0.4 is 4.72 Å². The van der Waals surface area contributed by atoms with Crippen molar-refractivity contribution in [1.29, 1.82) is 0 Å². The molecule has 0 unspecified atom stereocenters. The molecule has 20 heavy (non-hydrogen) atoms. The smallest absolute Gasteiger partial charge is 0.352 e. The molecule has 2 rings (SSSR count). The Kier molecular flexibility index (Phi) is 4.29. The zero-order valence-electron chi connectivity index (χ0n) is 11.2. The van der Waals surface area contributed by atoms with Crippen LogP contribution >= 0.6 is 0 Å². The Morgan fingerprint density at radius 2 is 2.25 bits per heavy atom. The van der Waals surface area contributed by atoms with Gasteiger partial charge in [0.05, 0.1) is 0 Å². The fourth-order valence-electron chi connectivity index (χ4n) is 2.25. The molecule has 0 aromatic carbocycles. The molecule has 0 aliphatic heterocycles. The maximum Gasteiger partial charge on any atom is 0.352 e. The lowest BCUT2D eigenvalue weighted by atomic mass is 9.95. The van der Waals surface area contributed by atoms with Crippen LogP contribution in [0.1, 0.15) is 29.8 Å². The number of nitrogens with one attached hydrogen (secondary N) is 1. The topological polar surface area (TPSA) is 88.4 Å². The zero-order chi connectivity index (χ0) is 14.8. The fourth-order valence-corrected chi connectivity index (χ4v) is 3.43. The number of aromatic carboxylic acids is 1. The first-order valence-corrected chi connectivity index (χ1v) is 7.93. The summed E-state index contributed by atoms with van der Waals surface area (Å²) in [5.74, 6) is -0.844. The number of aromatic nitrogens is 1. The van der Waals surface area contributed by atoms with E-state index >= 15 is 0 Å². The molecule has 0 amide bonds. The Bertz CT molecular complexity index is 631. The van der Waals surface area contributed by atoms with Gasteiger partial charge in [0.15, 0.2) is 0 Å². The molecule has 1 heterocycles. The number of carboxylic acids is 1. The molecule has 0 saturated heterocycles. The molecule has 1 aromatic rings. The molecule has 7 heteroatoms. The Morgan fingerprint density at radius 1 is 1.50 bits per heavy atom. The minimum absolute atomic E-state index is 0.0104. The van der Waals surface area contributed by atoms with Crippen molar-refractivity contribution in [2.24, 2.45) is 13.0 Å². The third-order valence-electron chi connectivity index (χ3n) is 3.45. The summed E-state index contributed by atoms with van der Waals surface area (Å²) in [6.07, 6.45) is 8.29. The highest BCUT2D eigenvalue weighted by atomic mass is 32.2. The predicted molar refractivity (Wildman–Crippen MR) is 74.0 cm³/mol. The van der Waals surface area contributed by atoms with Crippen LogP contribution in [0.2, 0.25) is 0 Å². The molecular weight excluding hydrogens is 280 g/mol. The number of hydrogen-bond acceptors (Lipinski definition) is 3. The van der Waals surface area contributed by atoms with Crippen molar-refractivity contribution in [3.8, 4) is 0 Å². The van der Waals surface area contributed by atoms with Gasteiger partial charge in [-0.2, -0.15) is 0 Å². The van der Waals surface area contributed by atoms with Gasteiger partial charge in [-0.3, -0.25) is 0 Å². The van der Waals surface area contributed by atoms with Crippen molar-refractivity contribution >= 4 is 16.0 Å². The van der Waals surface area contributed by atoms with Crippen LogP contribution in [-0.2, 0) is 17.1 Å². The van der Waals surface area contributed by atoms with E-state index in [4.69, 9.17) is 5.11 Å².